The lowest BCUT2D eigenvalue weighted by atomic mass is 9.84. The number of thiophene rings is 1. The number of halogens is 1. The molecule has 2 N–H and O–H groups in total. The molecule has 1 atom stereocenters. The summed E-state index contributed by atoms with van der Waals surface area (Å²) in [5, 5.41) is 0. The number of hydrogen-bond acceptors (Lipinski definition) is 2. The average molecular weight is 302 g/mol. The number of hydrogen-bond donors (Lipinski definition) is 1. The lowest BCUT2D eigenvalue weighted by molar-refractivity contribution is 0.319. The summed E-state index contributed by atoms with van der Waals surface area (Å²) in [6.45, 7) is 2.17. The quantitative estimate of drug-likeness (QED) is 0.853. The highest BCUT2D eigenvalue weighted by Crippen LogP contribution is 2.35. The second-order valence-electron chi connectivity index (χ2n) is 4.91. The molecule has 1 fully saturated rings. The van der Waals surface area contributed by atoms with Crippen LogP contribution in [0.4, 0.5) is 0 Å². The molecule has 3 heteroatoms. The molecule has 2 rings (SSSR count). The Morgan fingerprint density at radius 2 is 2.12 bits per heavy atom. The van der Waals surface area contributed by atoms with Crippen LogP contribution >= 0.6 is 27.3 Å². The summed E-state index contributed by atoms with van der Waals surface area (Å²) in [5.74, 6) is 0.863. The normalized spacial score (nSPS) is 19.9. The summed E-state index contributed by atoms with van der Waals surface area (Å²) in [4.78, 5) is 1.37. The van der Waals surface area contributed by atoms with Crippen molar-refractivity contribution in [3.8, 4) is 0 Å². The third kappa shape index (κ3) is 3.08. The zero-order chi connectivity index (χ0) is 11.5. The molecule has 0 radical (unpaired) electrons. The lowest BCUT2D eigenvalue weighted by Crippen LogP contribution is -2.17. The van der Waals surface area contributed by atoms with Crippen LogP contribution in [-0.4, -0.2) is 0 Å². The van der Waals surface area contributed by atoms with Gasteiger partial charge in [0.15, 0.2) is 0 Å². The summed E-state index contributed by atoms with van der Waals surface area (Å²) in [7, 11) is 0. The van der Waals surface area contributed by atoms with Crippen molar-refractivity contribution in [1.82, 2.24) is 0 Å². The largest absolute Gasteiger partial charge is 0.324 e. The van der Waals surface area contributed by atoms with Gasteiger partial charge in [0.25, 0.3) is 0 Å². The highest BCUT2D eigenvalue weighted by molar-refractivity contribution is 9.11. The van der Waals surface area contributed by atoms with E-state index in [0.717, 1.165) is 5.92 Å². The Balaban J connectivity index is 1.96. The second-order valence-corrected chi connectivity index (χ2v) is 7.54. The molecule has 0 amide bonds. The summed E-state index contributed by atoms with van der Waals surface area (Å²) >= 11 is 5.34. The second kappa shape index (κ2) is 5.65. The monoisotopic (exact) mass is 301 g/mol. The van der Waals surface area contributed by atoms with Crippen molar-refractivity contribution in [2.24, 2.45) is 11.7 Å². The van der Waals surface area contributed by atoms with Gasteiger partial charge in [0.1, 0.15) is 0 Å². The first-order valence-electron chi connectivity index (χ1n) is 6.18. The van der Waals surface area contributed by atoms with E-state index < -0.39 is 0 Å². The smallest absolute Gasteiger partial charge is 0.0704 e. The molecule has 1 aliphatic rings. The fourth-order valence-corrected chi connectivity index (χ4v) is 4.52. The van der Waals surface area contributed by atoms with Gasteiger partial charge in [0.2, 0.25) is 0 Å². The summed E-state index contributed by atoms with van der Waals surface area (Å²) < 4.78 is 1.21. The zero-order valence-corrected chi connectivity index (χ0v) is 12.2. The Morgan fingerprint density at radius 1 is 1.44 bits per heavy atom. The van der Waals surface area contributed by atoms with Crippen molar-refractivity contribution in [1.29, 1.82) is 0 Å². The lowest BCUT2D eigenvalue weighted by Gasteiger charge is -2.24. The molecule has 0 spiro atoms. The van der Waals surface area contributed by atoms with Crippen LogP contribution in [0.2, 0.25) is 0 Å². The van der Waals surface area contributed by atoms with Gasteiger partial charge >= 0.3 is 0 Å². The third-order valence-electron chi connectivity index (χ3n) is 3.64. The molecule has 0 aromatic carbocycles. The van der Waals surface area contributed by atoms with E-state index in [9.17, 15) is 0 Å². The van der Waals surface area contributed by atoms with Crippen LogP contribution in [0.25, 0.3) is 0 Å². The average Bonchev–Trinajstić information content (AvgIpc) is 2.59. The molecule has 16 heavy (non-hydrogen) atoms. The maximum Gasteiger partial charge on any atom is 0.0704 e. The number of rotatable bonds is 3. The molecule has 0 aliphatic heterocycles. The van der Waals surface area contributed by atoms with Gasteiger partial charge in [0, 0.05) is 10.9 Å². The Morgan fingerprint density at radius 3 is 2.69 bits per heavy atom. The SMILES string of the molecule is Cc1sc(Br)cc1C(N)CC1CCCCC1. The van der Waals surface area contributed by atoms with Gasteiger partial charge in [-0.1, -0.05) is 32.1 Å². The molecule has 1 unspecified atom stereocenters. The molecule has 0 bridgehead atoms. The van der Waals surface area contributed by atoms with Gasteiger partial charge in [-0.3, -0.25) is 0 Å². The first kappa shape index (κ1) is 12.6. The highest BCUT2D eigenvalue weighted by Gasteiger charge is 2.19. The first-order chi connectivity index (χ1) is 7.66. The Labute approximate surface area is 111 Å². The van der Waals surface area contributed by atoms with Crippen LogP contribution in [0, 0.1) is 12.8 Å². The molecule has 1 aromatic rings. The van der Waals surface area contributed by atoms with Crippen molar-refractivity contribution < 1.29 is 0 Å². The molecular weight excluding hydrogens is 282 g/mol. The van der Waals surface area contributed by atoms with Crippen LogP contribution in [0.1, 0.15) is 55.0 Å². The summed E-state index contributed by atoms with van der Waals surface area (Å²) in [5.41, 5.74) is 7.68. The predicted molar refractivity (Wildman–Crippen MR) is 74.9 cm³/mol. The molecule has 1 saturated carbocycles. The van der Waals surface area contributed by atoms with E-state index in [-0.39, 0.29) is 6.04 Å². The minimum atomic E-state index is 0.241. The highest BCUT2D eigenvalue weighted by atomic mass is 79.9. The molecule has 1 aliphatic carbocycles. The van der Waals surface area contributed by atoms with Crippen LogP contribution < -0.4 is 5.73 Å². The van der Waals surface area contributed by atoms with Gasteiger partial charge in [-0.15, -0.1) is 11.3 Å². The van der Waals surface area contributed by atoms with Gasteiger partial charge in [-0.25, -0.2) is 0 Å². The van der Waals surface area contributed by atoms with Crippen LogP contribution in [0.3, 0.4) is 0 Å². The van der Waals surface area contributed by atoms with E-state index in [1.807, 2.05) is 0 Å². The molecule has 1 heterocycles. The molecule has 1 nitrogen and oxygen atoms in total. The van der Waals surface area contributed by atoms with E-state index >= 15 is 0 Å². The zero-order valence-electron chi connectivity index (χ0n) is 9.84. The first-order valence-corrected chi connectivity index (χ1v) is 7.79. The Hall–Kier alpha value is 0.140. The maximum atomic E-state index is 6.33. The van der Waals surface area contributed by atoms with Crippen molar-refractivity contribution in [3.63, 3.8) is 0 Å². The number of nitrogens with two attached hydrogens (primary N) is 1. The van der Waals surface area contributed by atoms with Gasteiger partial charge in [-0.05, 0) is 46.8 Å². The van der Waals surface area contributed by atoms with Crippen molar-refractivity contribution >= 4 is 27.3 Å². The van der Waals surface area contributed by atoms with Gasteiger partial charge < -0.3 is 5.73 Å². The number of aryl methyl sites for hydroxylation is 1. The van der Waals surface area contributed by atoms with Crippen molar-refractivity contribution in [3.05, 3.63) is 20.3 Å². The van der Waals surface area contributed by atoms with Gasteiger partial charge in [0.05, 0.1) is 3.79 Å². The fraction of sp³-hybridized carbons (Fsp3) is 0.692. The van der Waals surface area contributed by atoms with E-state index in [4.69, 9.17) is 5.73 Å². The molecule has 1 aromatic heterocycles. The van der Waals surface area contributed by atoms with E-state index in [1.165, 1.54) is 52.8 Å². The predicted octanol–water partition coefficient (Wildman–Crippen LogP) is 4.79. The Kier molecular flexibility index (Phi) is 4.45. The summed E-state index contributed by atoms with van der Waals surface area (Å²) in [6.07, 6.45) is 8.18. The molecule has 90 valence electrons. The summed E-state index contributed by atoms with van der Waals surface area (Å²) in [6, 6.07) is 2.44. The van der Waals surface area contributed by atoms with Crippen LogP contribution in [0.15, 0.2) is 9.85 Å². The van der Waals surface area contributed by atoms with E-state index in [0.29, 0.717) is 0 Å². The maximum absolute atomic E-state index is 6.33. The Bertz CT molecular complexity index is 342. The molecular formula is C13H20BrNS. The third-order valence-corrected chi connectivity index (χ3v) is 5.21. The topological polar surface area (TPSA) is 26.0 Å². The minimum Gasteiger partial charge on any atom is -0.324 e. The standard InChI is InChI=1S/C13H20BrNS/c1-9-11(8-13(14)16-9)12(15)7-10-5-3-2-4-6-10/h8,10,12H,2-7,15H2,1H3. The van der Waals surface area contributed by atoms with Gasteiger partial charge in [-0.2, -0.15) is 0 Å². The van der Waals surface area contributed by atoms with Crippen LogP contribution in [-0.2, 0) is 0 Å². The molecule has 0 saturated heterocycles. The minimum absolute atomic E-state index is 0.241. The van der Waals surface area contributed by atoms with E-state index in [2.05, 4.69) is 28.9 Å². The van der Waals surface area contributed by atoms with E-state index in [1.54, 1.807) is 11.3 Å². The van der Waals surface area contributed by atoms with Crippen LogP contribution in [0.5, 0.6) is 0 Å². The van der Waals surface area contributed by atoms with Crippen molar-refractivity contribution in [2.45, 2.75) is 51.5 Å². The fourth-order valence-electron chi connectivity index (χ4n) is 2.74. The van der Waals surface area contributed by atoms with Crippen molar-refractivity contribution in [2.75, 3.05) is 0 Å².